The Balaban J connectivity index is 1.59. The maximum Gasteiger partial charge on any atom is 0.344 e. The van der Waals surface area contributed by atoms with Crippen LogP contribution in [0.2, 0.25) is 0 Å². The van der Waals surface area contributed by atoms with Crippen molar-refractivity contribution in [1.82, 2.24) is 4.90 Å². The van der Waals surface area contributed by atoms with E-state index < -0.39 is 37.1 Å². The molecule has 154 valence electrons. The summed E-state index contributed by atoms with van der Waals surface area (Å²) in [6.45, 7) is -0.759. The van der Waals surface area contributed by atoms with Crippen LogP contribution in [0.3, 0.4) is 0 Å². The van der Waals surface area contributed by atoms with Crippen molar-refractivity contribution in [2.45, 2.75) is 19.0 Å². The molecule has 3 rings (SSSR count). The van der Waals surface area contributed by atoms with Gasteiger partial charge in [0.1, 0.15) is 17.9 Å². The van der Waals surface area contributed by atoms with Gasteiger partial charge in [-0.1, -0.05) is 36.4 Å². The molecule has 1 amide bonds. The number of methoxy groups -OCH3 is 1. The second kappa shape index (κ2) is 9.56. The fourth-order valence-electron chi connectivity index (χ4n) is 3.22. The Kier molecular flexibility index (Phi) is 6.65. The molecule has 0 fully saturated rings. The van der Waals surface area contributed by atoms with Crippen LogP contribution in [0.4, 0.5) is 0 Å². The van der Waals surface area contributed by atoms with E-state index in [0.29, 0.717) is 6.42 Å². The first-order valence-electron chi connectivity index (χ1n) is 9.25. The van der Waals surface area contributed by atoms with Gasteiger partial charge < -0.3 is 19.1 Å². The number of nitrogens with zero attached hydrogens (tertiary/aromatic N) is 2. The molecule has 1 heterocycles. The fourth-order valence-corrected chi connectivity index (χ4v) is 3.22. The first kappa shape index (κ1) is 20.9. The van der Waals surface area contributed by atoms with E-state index in [-0.39, 0.29) is 17.9 Å². The molecular weight excluding hydrogens is 388 g/mol. The maximum atomic E-state index is 12.7. The van der Waals surface area contributed by atoms with Crippen LogP contribution in [-0.4, -0.2) is 49.1 Å². The average molecular weight is 408 g/mol. The predicted molar refractivity (Wildman–Crippen MR) is 104 cm³/mol. The molecule has 0 saturated carbocycles. The summed E-state index contributed by atoms with van der Waals surface area (Å²) in [5.74, 6) is -1.55. The van der Waals surface area contributed by atoms with Crippen LogP contribution in [0.15, 0.2) is 48.5 Å². The SMILES string of the molecule is COC(=O)[C@@H]1Cc2ccccc2CN1C(=O)COC(=O)COc1ccccc1C#N. The summed E-state index contributed by atoms with van der Waals surface area (Å²) in [5.41, 5.74) is 2.18. The third kappa shape index (κ3) is 4.75. The molecule has 0 aromatic heterocycles. The highest BCUT2D eigenvalue weighted by molar-refractivity contribution is 5.87. The molecule has 2 aromatic carbocycles. The molecular formula is C22H20N2O6. The quantitative estimate of drug-likeness (QED) is 0.669. The molecule has 0 bridgehead atoms. The standard InChI is InChI=1S/C22H20N2O6/c1-28-22(27)18-10-15-6-2-3-8-17(15)12-24(18)20(25)13-30-21(26)14-29-19-9-5-4-7-16(19)11-23/h2-9,18H,10,12-14H2,1H3/t18-/m0/s1. The van der Waals surface area contributed by atoms with Crippen molar-refractivity contribution in [3.05, 3.63) is 65.2 Å². The number of hydrogen-bond acceptors (Lipinski definition) is 7. The number of nitriles is 1. The number of esters is 2. The van der Waals surface area contributed by atoms with Crippen LogP contribution < -0.4 is 4.74 Å². The Morgan fingerprint density at radius 3 is 2.50 bits per heavy atom. The average Bonchev–Trinajstić information content (AvgIpc) is 2.79. The number of hydrogen-bond donors (Lipinski definition) is 0. The van der Waals surface area contributed by atoms with Gasteiger partial charge >= 0.3 is 11.9 Å². The van der Waals surface area contributed by atoms with Crippen molar-refractivity contribution in [3.63, 3.8) is 0 Å². The Morgan fingerprint density at radius 2 is 1.77 bits per heavy atom. The lowest BCUT2D eigenvalue weighted by molar-refractivity contribution is -0.160. The van der Waals surface area contributed by atoms with Crippen LogP contribution in [0.25, 0.3) is 0 Å². The van der Waals surface area contributed by atoms with Gasteiger partial charge in [0.05, 0.1) is 12.7 Å². The number of para-hydroxylation sites is 1. The molecule has 1 aliphatic heterocycles. The van der Waals surface area contributed by atoms with Crippen LogP contribution in [0.1, 0.15) is 16.7 Å². The van der Waals surface area contributed by atoms with Gasteiger partial charge in [0.15, 0.2) is 13.2 Å². The van der Waals surface area contributed by atoms with Gasteiger partial charge in [-0.2, -0.15) is 5.26 Å². The molecule has 8 heteroatoms. The molecule has 30 heavy (non-hydrogen) atoms. The van der Waals surface area contributed by atoms with Crippen LogP contribution in [0, 0.1) is 11.3 Å². The van der Waals surface area contributed by atoms with Gasteiger partial charge in [0, 0.05) is 13.0 Å². The van der Waals surface area contributed by atoms with E-state index in [2.05, 4.69) is 0 Å². The molecule has 8 nitrogen and oxygen atoms in total. The Morgan fingerprint density at radius 1 is 1.07 bits per heavy atom. The van der Waals surface area contributed by atoms with Crippen molar-refractivity contribution >= 4 is 17.8 Å². The fraction of sp³-hybridized carbons (Fsp3) is 0.273. The molecule has 0 saturated heterocycles. The highest BCUT2D eigenvalue weighted by atomic mass is 16.6. The van der Waals surface area contributed by atoms with Crippen LogP contribution >= 0.6 is 0 Å². The Bertz CT molecular complexity index is 997. The molecule has 2 aromatic rings. The van der Waals surface area contributed by atoms with E-state index in [4.69, 9.17) is 19.5 Å². The minimum atomic E-state index is -0.783. The Hall–Kier alpha value is -3.86. The highest BCUT2D eigenvalue weighted by Crippen LogP contribution is 2.24. The lowest BCUT2D eigenvalue weighted by Gasteiger charge is -2.35. The van der Waals surface area contributed by atoms with Gasteiger partial charge in [-0.3, -0.25) is 4.79 Å². The summed E-state index contributed by atoms with van der Waals surface area (Å²) in [6.07, 6.45) is 0.330. The summed E-state index contributed by atoms with van der Waals surface area (Å²) in [4.78, 5) is 38.2. The maximum absolute atomic E-state index is 12.7. The summed E-state index contributed by atoms with van der Waals surface area (Å²) < 4.78 is 15.1. The zero-order chi connectivity index (χ0) is 21.5. The number of ether oxygens (including phenoxy) is 3. The van der Waals surface area contributed by atoms with E-state index >= 15 is 0 Å². The molecule has 0 spiro atoms. The minimum absolute atomic E-state index is 0.221. The second-order valence-corrected chi connectivity index (χ2v) is 6.59. The largest absolute Gasteiger partial charge is 0.481 e. The van der Waals surface area contributed by atoms with Gasteiger partial charge in [-0.15, -0.1) is 0 Å². The topological polar surface area (TPSA) is 106 Å². The lowest BCUT2D eigenvalue weighted by atomic mass is 9.94. The number of rotatable bonds is 6. The molecule has 0 aliphatic carbocycles. The zero-order valence-electron chi connectivity index (χ0n) is 16.4. The zero-order valence-corrected chi connectivity index (χ0v) is 16.4. The number of fused-ring (bicyclic) bond motifs is 1. The summed E-state index contributed by atoms with van der Waals surface area (Å²) in [7, 11) is 1.27. The summed E-state index contributed by atoms with van der Waals surface area (Å²) >= 11 is 0. The third-order valence-corrected chi connectivity index (χ3v) is 4.75. The van der Waals surface area contributed by atoms with E-state index in [1.165, 1.54) is 12.0 Å². The van der Waals surface area contributed by atoms with E-state index in [1.54, 1.807) is 24.3 Å². The van der Waals surface area contributed by atoms with Crippen molar-refractivity contribution < 1.29 is 28.6 Å². The second-order valence-electron chi connectivity index (χ2n) is 6.59. The first-order chi connectivity index (χ1) is 14.5. The molecule has 0 radical (unpaired) electrons. The van der Waals surface area contributed by atoms with Crippen LogP contribution in [-0.2, 0) is 36.8 Å². The monoisotopic (exact) mass is 408 g/mol. The van der Waals surface area contributed by atoms with Gasteiger partial charge in [-0.25, -0.2) is 9.59 Å². The lowest BCUT2D eigenvalue weighted by Crippen LogP contribution is -2.50. The minimum Gasteiger partial charge on any atom is -0.481 e. The van der Waals surface area contributed by atoms with Crippen LogP contribution in [0.5, 0.6) is 5.75 Å². The first-order valence-corrected chi connectivity index (χ1v) is 9.25. The highest BCUT2D eigenvalue weighted by Gasteiger charge is 2.35. The smallest absolute Gasteiger partial charge is 0.344 e. The number of amides is 1. The molecule has 1 atom stereocenters. The van der Waals surface area contributed by atoms with E-state index in [9.17, 15) is 14.4 Å². The van der Waals surface area contributed by atoms with E-state index in [0.717, 1.165) is 11.1 Å². The van der Waals surface area contributed by atoms with Crippen molar-refractivity contribution in [1.29, 1.82) is 5.26 Å². The molecule has 1 aliphatic rings. The van der Waals surface area contributed by atoms with E-state index in [1.807, 2.05) is 30.3 Å². The molecule has 0 N–H and O–H groups in total. The third-order valence-electron chi connectivity index (χ3n) is 4.75. The Labute approximate surface area is 173 Å². The number of benzene rings is 2. The normalized spacial score (nSPS) is 14.8. The van der Waals surface area contributed by atoms with Gasteiger partial charge in [0.25, 0.3) is 5.91 Å². The van der Waals surface area contributed by atoms with Crippen molar-refractivity contribution in [3.8, 4) is 11.8 Å². The molecule has 0 unspecified atom stereocenters. The van der Waals surface area contributed by atoms with Crippen molar-refractivity contribution in [2.24, 2.45) is 0 Å². The van der Waals surface area contributed by atoms with Crippen molar-refractivity contribution in [2.75, 3.05) is 20.3 Å². The predicted octanol–water partition coefficient (Wildman–Crippen LogP) is 1.61. The number of carbonyl (C=O) groups excluding carboxylic acids is 3. The van der Waals surface area contributed by atoms with Gasteiger partial charge in [-0.05, 0) is 23.3 Å². The van der Waals surface area contributed by atoms with Gasteiger partial charge in [0.2, 0.25) is 0 Å². The summed E-state index contributed by atoms with van der Waals surface area (Å²) in [6, 6.07) is 15.2. The number of carbonyl (C=O) groups is 3. The summed E-state index contributed by atoms with van der Waals surface area (Å²) in [5, 5.41) is 9.03.